The van der Waals surface area contributed by atoms with Crippen LogP contribution in [0.3, 0.4) is 0 Å². The number of halogens is 1. The van der Waals surface area contributed by atoms with Crippen molar-refractivity contribution in [3.8, 4) is 11.1 Å². The summed E-state index contributed by atoms with van der Waals surface area (Å²) in [5.41, 5.74) is 5.13. The largest absolute Gasteiger partial charge is 0.330 e. The third-order valence-electron chi connectivity index (χ3n) is 4.38. The molecule has 3 nitrogen and oxygen atoms in total. The summed E-state index contributed by atoms with van der Waals surface area (Å²) >= 11 is 3.51. The van der Waals surface area contributed by atoms with Gasteiger partial charge in [-0.3, -0.25) is 4.57 Å². The molecule has 0 heterocycles. The maximum absolute atomic E-state index is 12.7. The van der Waals surface area contributed by atoms with Crippen LogP contribution in [-0.4, -0.2) is 24.7 Å². The third kappa shape index (κ3) is 7.19. The highest BCUT2D eigenvalue weighted by Gasteiger charge is 2.22. The van der Waals surface area contributed by atoms with Crippen LogP contribution in [0, 0.1) is 0 Å². The fourth-order valence-electron chi connectivity index (χ4n) is 3.21. The molecular formula is C22H30BrO3P. The van der Waals surface area contributed by atoms with E-state index in [1.165, 1.54) is 22.3 Å². The Morgan fingerprint density at radius 1 is 0.926 bits per heavy atom. The van der Waals surface area contributed by atoms with E-state index in [2.05, 4.69) is 64.5 Å². The molecule has 0 aromatic heterocycles. The highest BCUT2D eigenvalue weighted by atomic mass is 79.9. The summed E-state index contributed by atoms with van der Waals surface area (Å²) in [5.74, 6) is 0. The summed E-state index contributed by atoms with van der Waals surface area (Å²) in [6.07, 6.45) is 4.29. The van der Waals surface area contributed by atoms with Gasteiger partial charge in [-0.25, -0.2) is 0 Å². The van der Waals surface area contributed by atoms with Crippen LogP contribution in [0.25, 0.3) is 11.1 Å². The molecule has 0 amide bonds. The van der Waals surface area contributed by atoms with Crippen molar-refractivity contribution in [1.29, 1.82) is 0 Å². The first kappa shape index (κ1) is 22.4. The van der Waals surface area contributed by atoms with E-state index in [0.29, 0.717) is 19.4 Å². The molecule has 0 spiro atoms. The first-order valence-electron chi connectivity index (χ1n) is 9.73. The third-order valence-corrected chi connectivity index (χ3v) is 7.11. The lowest BCUT2D eigenvalue weighted by atomic mass is 9.95. The lowest BCUT2D eigenvalue weighted by Crippen LogP contribution is -2.02. The molecule has 0 fully saturated rings. The summed E-state index contributed by atoms with van der Waals surface area (Å²) < 4.78 is 23.5. The molecule has 2 aromatic carbocycles. The smallest absolute Gasteiger partial charge is 0.309 e. The Balaban J connectivity index is 2.11. The second-order valence-electron chi connectivity index (χ2n) is 6.42. The highest BCUT2D eigenvalue weighted by molar-refractivity contribution is 9.09. The van der Waals surface area contributed by atoms with E-state index in [1.54, 1.807) is 0 Å². The van der Waals surface area contributed by atoms with Crippen LogP contribution in [0.15, 0.2) is 48.5 Å². The minimum atomic E-state index is -2.97. The average molecular weight is 453 g/mol. The van der Waals surface area contributed by atoms with Crippen molar-refractivity contribution in [2.45, 2.75) is 39.5 Å². The molecule has 0 radical (unpaired) electrons. The minimum Gasteiger partial charge on any atom is -0.309 e. The normalized spacial score (nSPS) is 11.7. The van der Waals surface area contributed by atoms with E-state index < -0.39 is 7.60 Å². The molecule has 0 unspecified atom stereocenters. The molecular weight excluding hydrogens is 423 g/mol. The SMILES string of the molecule is CCOP(=O)(CCCc1ccccc1-c1cccc(CCCBr)c1)OCC. The molecule has 148 valence electrons. The van der Waals surface area contributed by atoms with Crippen LogP contribution in [-0.2, 0) is 26.5 Å². The van der Waals surface area contributed by atoms with Gasteiger partial charge in [0.1, 0.15) is 0 Å². The van der Waals surface area contributed by atoms with E-state index >= 15 is 0 Å². The summed E-state index contributed by atoms with van der Waals surface area (Å²) in [6.45, 7) is 4.53. The van der Waals surface area contributed by atoms with Gasteiger partial charge in [0.25, 0.3) is 0 Å². The Hall–Kier alpha value is -0.930. The Kier molecular flexibility index (Phi) is 9.78. The van der Waals surface area contributed by atoms with Gasteiger partial charge in [-0.15, -0.1) is 0 Å². The molecule has 0 aliphatic carbocycles. The first-order chi connectivity index (χ1) is 13.1. The molecule has 0 saturated carbocycles. The Morgan fingerprint density at radius 2 is 1.67 bits per heavy atom. The summed E-state index contributed by atoms with van der Waals surface area (Å²) in [7, 11) is -2.97. The number of hydrogen-bond acceptors (Lipinski definition) is 3. The van der Waals surface area contributed by atoms with Crippen LogP contribution in [0.1, 0.15) is 37.8 Å². The van der Waals surface area contributed by atoms with Crippen molar-refractivity contribution >= 4 is 23.5 Å². The van der Waals surface area contributed by atoms with Gasteiger partial charge in [0.05, 0.1) is 19.4 Å². The Morgan fingerprint density at radius 3 is 2.37 bits per heavy atom. The van der Waals surface area contributed by atoms with Crippen LogP contribution in [0.2, 0.25) is 0 Å². The maximum Gasteiger partial charge on any atom is 0.330 e. The zero-order chi connectivity index (χ0) is 19.5. The van der Waals surface area contributed by atoms with Crippen molar-refractivity contribution in [1.82, 2.24) is 0 Å². The van der Waals surface area contributed by atoms with Gasteiger partial charge in [0, 0.05) is 5.33 Å². The van der Waals surface area contributed by atoms with Gasteiger partial charge in [0.2, 0.25) is 0 Å². The second kappa shape index (κ2) is 11.8. The van der Waals surface area contributed by atoms with Crippen LogP contribution < -0.4 is 0 Å². The number of rotatable bonds is 12. The Labute approximate surface area is 172 Å². The molecule has 0 aliphatic rings. The molecule has 27 heavy (non-hydrogen) atoms. The van der Waals surface area contributed by atoms with Gasteiger partial charge >= 0.3 is 7.60 Å². The minimum absolute atomic E-state index is 0.412. The van der Waals surface area contributed by atoms with E-state index in [-0.39, 0.29) is 0 Å². The summed E-state index contributed by atoms with van der Waals surface area (Å²) in [5, 5.41) is 1.02. The van der Waals surface area contributed by atoms with Crippen LogP contribution in [0.5, 0.6) is 0 Å². The van der Waals surface area contributed by atoms with E-state index in [9.17, 15) is 4.57 Å². The maximum atomic E-state index is 12.7. The zero-order valence-corrected chi connectivity index (χ0v) is 18.8. The lowest BCUT2D eigenvalue weighted by Gasteiger charge is -2.17. The standard InChI is InChI=1S/C22H30BrO3P/c1-3-25-27(24,26-4-2)17-9-14-20-12-5-6-15-22(20)21-13-7-10-19(18-21)11-8-16-23/h5-7,10,12-13,15,18H,3-4,8-9,11,14,16-17H2,1-2H3. The van der Waals surface area contributed by atoms with Crippen molar-refractivity contribution in [2.75, 3.05) is 24.7 Å². The molecule has 2 rings (SSSR count). The molecule has 5 heteroatoms. The molecule has 2 aromatic rings. The van der Waals surface area contributed by atoms with Crippen molar-refractivity contribution in [2.24, 2.45) is 0 Å². The predicted molar refractivity (Wildman–Crippen MR) is 118 cm³/mol. The van der Waals surface area contributed by atoms with Gasteiger partial charge in [-0.2, -0.15) is 0 Å². The van der Waals surface area contributed by atoms with Gasteiger partial charge in [0.15, 0.2) is 0 Å². The number of benzene rings is 2. The van der Waals surface area contributed by atoms with Crippen LogP contribution in [0.4, 0.5) is 0 Å². The number of aryl methyl sites for hydroxylation is 2. The lowest BCUT2D eigenvalue weighted by molar-refractivity contribution is 0.220. The molecule has 0 bridgehead atoms. The van der Waals surface area contributed by atoms with Crippen molar-refractivity contribution in [3.63, 3.8) is 0 Å². The highest BCUT2D eigenvalue weighted by Crippen LogP contribution is 2.48. The van der Waals surface area contributed by atoms with Crippen molar-refractivity contribution in [3.05, 3.63) is 59.7 Å². The number of hydrogen-bond donors (Lipinski definition) is 0. The monoisotopic (exact) mass is 452 g/mol. The van der Waals surface area contributed by atoms with Gasteiger partial charge in [-0.05, 0) is 61.8 Å². The molecule has 0 saturated heterocycles. The van der Waals surface area contributed by atoms with Crippen LogP contribution >= 0.6 is 23.5 Å². The van der Waals surface area contributed by atoms with E-state index in [0.717, 1.165) is 31.0 Å². The Bertz CT molecular complexity index is 738. The van der Waals surface area contributed by atoms with E-state index in [1.807, 2.05) is 13.8 Å². The fraction of sp³-hybridized carbons (Fsp3) is 0.455. The first-order valence-corrected chi connectivity index (χ1v) is 12.6. The van der Waals surface area contributed by atoms with E-state index in [4.69, 9.17) is 9.05 Å². The molecule has 0 aliphatic heterocycles. The topological polar surface area (TPSA) is 35.5 Å². The predicted octanol–water partition coefficient (Wildman–Crippen LogP) is 6.88. The summed E-state index contributed by atoms with van der Waals surface area (Å²) in [6, 6.07) is 17.3. The summed E-state index contributed by atoms with van der Waals surface area (Å²) in [4.78, 5) is 0. The van der Waals surface area contributed by atoms with Gasteiger partial charge < -0.3 is 9.05 Å². The molecule has 0 N–H and O–H groups in total. The fourth-order valence-corrected chi connectivity index (χ4v) is 5.15. The average Bonchev–Trinajstić information content (AvgIpc) is 2.67. The number of alkyl halides is 1. The van der Waals surface area contributed by atoms with Gasteiger partial charge in [-0.1, -0.05) is 64.5 Å². The van der Waals surface area contributed by atoms with Crippen molar-refractivity contribution < 1.29 is 13.6 Å². The molecule has 0 atom stereocenters. The quantitative estimate of drug-likeness (QED) is 0.260. The second-order valence-corrected chi connectivity index (χ2v) is 9.40. The zero-order valence-electron chi connectivity index (χ0n) is 16.3.